The van der Waals surface area contributed by atoms with Gasteiger partial charge in [0.25, 0.3) is 10.0 Å². The van der Waals surface area contributed by atoms with Crippen LogP contribution in [0.2, 0.25) is 5.02 Å². The van der Waals surface area contributed by atoms with Gasteiger partial charge in [0.1, 0.15) is 5.75 Å². The number of ketones is 1. The van der Waals surface area contributed by atoms with Crippen molar-refractivity contribution in [3.8, 4) is 5.75 Å². The molecule has 0 amide bonds. The number of para-hydroxylation sites is 1. The predicted molar refractivity (Wildman–Crippen MR) is 127 cm³/mol. The van der Waals surface area contributed by atoms with Gasteiger partial charge in [0.2, 0.25) is 5.78 Å². The third-order valence-electron chi connectivity index (χ3n) is 4.98. The fraction of sp³-hybridized carbons (Fsp3) is 0.125. The van der Waals surface area contributed by atoms with Gasteiger partial charge in [0.15, 0.2) is 4.91 Å². The Balaban J connectivity index is 1.70. The Morgan fingerprint density at radius 1 is 1.00 bits per heavy atom. The average molecular weight is 469 g/mol. The van der Waals surface area contributed by atoms with Crippen molar-refractivity contribution in [2.45, 2.75) is 13.5 Å². The molecular weight excluding hydrogens is 448 g/mol. The van der Waals surface area contributed by atoms with E-state index in [9.17, 15) is 13.2 Å². The first-order valence-corrected chi connectivity index (χ1v) is 11.8. The highest BCUT2D eigenvalue weighted by Crippen LogP contribution is 2.36. The summed E-state index contributed by atoms with van der Waals surface area (Å²) in [5.74, 6) is 0.154. The number of ether oxygens (including phenoxy) is 1. The zero-order chi connectivity index (χ0) is 22.7. The van der Waals surface area contributed by atoms with Crippen LogP contribution in [0, 0.1) is 0 Å². The van der Waals surface area contributed by atoms with Gasteiger partial charge in [0, 0.05) is 22.5 Å². The van der Waals surface area contributed by atoms with E-state index in [4.69, 9.17) is 16.3 Å². The van der Waals surface area contributed by atoms with E-state index >= 15 is 0 Å². The van der Waals surface area contributed by atoms with Crippen molar-refractivity contribution in [2.24, 2.45) is 0 Å². The van der Waals surface area contributed by atoms with Gasteiger partial charge in [-0.3, -0.25) is 9.10 Å². The van der Waals surface area contributed by atoms with Crippen molar-refractivity contribution in [1.29, 1.82) is 0 Å². The van der Waals surface area contributed by atoms with Gasteiger partial charge in [-0.2, -0.15) is 0 Å². The first-order chi connectivity index (χ1) is 15.4. The first-order valence-electron chi connectivity index (χ1n) is 10.0. The van der Waals surface area contributed by atoms with Gasteiger partial charge in [-0.1, -0.05) is 35.9 Å². The number of nitrogens with one attached hydrogen (secondary N) is 1. The molecule has 1 N–H and O–H groups in total. The predicted octanol–water partition coefficient (Wildman–Crippen LogP) is 5.22. The van der Waals surface area contributed by atoms with Crippen LogP contribution in [0.5, 0.6) is 5.75 Å². The smallest absolute Gasteiger partial charge is 0.270 e. The van der Waals surface area contributed by atoms with Crippen LogP contribution in [-0.4, -0.2) is 20.8 Å². The zero-order valence-electron chi connectivity index (χ0n) is 17.3. The minimum absolute atomic E-state index is 0.0736. The number of rotatable bonds is 6. The third kappa shape index (κ3) is 4.35. The van der Waals surface area contributed by atoms with Gasteiger partial charge < -0.3 is 10.1 Å². The Hall–Kier alpha value is -3.29. The molecule has 0 aliphatic carbocycles. The molecule has 0 fully saturated rings. The highest BCUT2D eigenvalue weighted by Gasteiger charge is 2.40. The summed E-state index contributed by atoms with van der Waals surface area (Å²) in [5, 5.41) is 3.49. The van der Waals surface area contributed by atoms with Gasteiger partial charge >= 0.3 is 0 Å². The van der Waals surface area contributed by atoms with Crippen molar-refractivity contribution in [3.05, 3.63) is 100 Å². The summed E-state index contributed by atoms with van der Waals surface area (Å²) in [4.78, 5) is 12.8. The Morgan fingerprint density at radius 2 is 1.69 bits per heavy atom. The largest absolute Gasteiger partial charge is 0.494 e. The lowest BCUT2D eigenvalue weighted by atomic mass is 10.1. The lowest BCUT2D eigenvalue weighted by Crippen LogP contribution is -2.39. The van der Waals surface area contributed by atoms with Gasteiger partial charge in [-0.15, -0.1) is 0 Å². The number of benzene rings is 3. The van der Waals surface area contributed by atoms with E-state index in [1.54, 1.807) is 72.8 Å². The van der Waals surface area contributed by atoms with Crippen LogP contribution in [0.25, 0.3) is 0 Å². The van der Waals surface area contributed by atoms with Crippen LogP contribution in [0.15, 0.2) is 83.9 Å². The van der Waals surface area contributed by atoms with Crippen LogP contribution in [0.1, 0.15) is 22.8 Å². The molecule has 0 spiro atoms. The summed E-state index contributed by atoms with van der Waals surface area (Å²) < 4.78 is 33.6. The van der Waals surface area contributed by atoms with Crippen LogP contribution in [0.4, 0.5) is 11.4 Å². The van der Waals surface area contributed by atoms with Crippen LogP contribution < -0.4 is 14.4 Å². The van der Waals surface area contributed by atoms with Crippen molar-refractivity contribution in [1.82, 2.24) is 0 Å². The molecule has 0 aromatic heterocycles. The quantitative estimate of drug-likeness (QED) is 0.501. The molecule has 3 aromatic rings. The van der Waals surface area contributed by atoms with E-state index in [1.807, 2.05) is 6.92 Å². The molecule has 8 heteroatoms. The fourth-order valence-electron chi connectivity index (χ4n) is 3.41. The molecule has 4 rings (SSSR count). The number of anilines is 2. The lowest BCUT2D eigenvalue weighted by Gasteiger charge is -2.31. The summed E-state index contributed by atoms with van der Waals surface area (Å²) in [6.45, 7) is 2.51. The molecule has 0 radical (unpaired) electrons. The van der Waals surface area contributed by atoms with Crippen LogP contribution in [-0.2, 0) is 16.6 Å². The van der Waals surface area contributed by atoms with E-state index in [-0.39, 0.29) is 11.4 Å². The number of nitrogens with zero attached hydrogens (tertiary/aromatic N) is 1. The maximum atomic E-state index is 13.5. The number of carbonyl (C=O) groups is 1. The number of carbonyl (C=O) groups excluding carboxylic acids is 1. The molecule has 1 aliphatic heterocycles. The van der Waals surface area contributed by atoms with Gasteiger partial charge in [-0.05, 0) is 61.0 Å². The molecule has 0 atom stereocenters. The van der Waals surface area contributed by atoms with Crippen LogP contribution >= 0.6 is 11.6 Å². The molecule has 1 aliphatic rings. The molecule has 6 nitrogen and oxygen atoms in total. The summed E-state index contributed by atoms with van der Waals surface area (Å²) >= 11 is 5.96. The Labute approximate surface area is 192 Å². The second-order valence-corrected chi connectivity index (χ2v) is 9.36. The van der Waals surface area contributed by atoms with E-state index < -0.39 is 15.8 Å². The van der Waals surface area contributed by atoms with Crippen molar-refractivity contribution in [2.75, 3.05) is 16.2 Å². The standard InChI is InChI=1S/C24H21ClN2O4S/c1-2-31-20-13-11-19(12-14-20)26-15-23-24(28)21-5-3-4-6-22(21)27(32(23,29)30)16-17-7-9-18(25)10-8-17/h3-15,26H,2,16H2,1H3. The Kier molecular flexibility index (Phi) is 6.21. The Morgan fingerprint density at radius 3 is 2.38 bits per heavy atom. The topological polar surface area (TPSA) is 75.7 Å². The normalized spacial score (nSPS) is 16.0. The maximum Gasteiger partial charge on any atom is 0.270 e. The Bertz CT molecular complexity index is 1270. The summed E-state index contributed by atoms with van der Waals surface area (Å²) in [6, 6.07) is 20.7. The second-order valence-electron chi connectivity index (χ2n) is 7.09. The molecule has 0 unspecified atom stereocenters. The van der Waals surface area contributed by atoms with Crippen molar-refractivity contribution < 1.29 is 17.9 Å². The maximum absolute atomic E-state index is 13.5. The monoisotopic (exact) mass is 468 g/mol. The van der Waals surface area contributed by atoms with E-state index in [0.717, 1.165) is 5.56 Å². The van der Waals surface area contributed by atoms with E-state index in [2.05, 4.69) is 5.32 Å². The molecule has 32 heavy (non-hydrogen) atoms. The van der Waals surface area contributed by atoms with Gasteiger partial charge in [-0.25, -0.2) is 8.42 Å². The molecule has 164 valence electrons. The fourth-order valence-corrected chi connectivity index (χ4v) is 5.06. The van der Waals surface area contributed by atoms with E-state index in [0.29, 0.717) is 34.3 Å². The number of Topliss-reactive ketones (excluding diaryl/α,β-unsaturated/α-hetero) is 1. The SMILES string of the molecule is CCOc1ccc(NC=C2C(=O)c3ccccc3N(Cc3ccc(Cl)cc3)S2(=O)=O)cc1. The number of sulfonamides is 1. The summed E-state index contributed by atoms with van der Waals surface area (Å²) in [5.41, 5.74) is 2.06. The zero-order valence-corrected chi connectivity index (χ0v) is 18.9. The number of fused-ring (bicyclic) bond motifs is 1. The summed E-state index contributed by atoms with van der Waals surface area (Å²) in [7, 11) is -4.10. The van der Waals surface area contributed by atoms with Crippen molar-refractivity contribution >= 4 is 38.8 Å². The number of halogens is 1. The second kappa shape index (κ2) is 9.06. The molecule has 3 aromatic carbocycles. The van der Waals surface area contributed by atoms with Crippen molar-refractivity contribution in [3.63, 3.8) is 0 Å². The number of hydrogen-bond donors (Lipinski definition) is 1. The first kappa shape index (κ1) is 21.9. The summed E-state index contributed by atoms with van der Waals surface area (Å²) in [6.07, 6.45) is 1.25. The van der Waals surface area contributed by atoms with E-state index in [1.165, 1.54) is 10.5 Å². The molecule has 1 heterocycles. The molecule has 0 bridgehead atoms. The average Bonchev–Trinajstić information content (AvgIpc) is 2.79. The molecule has 0 saturated heterocycles. The minimum Gasteiger partial charge on any atom is -0.494 e. The van der Waals surface area contributed by atoms with Gasteiger partial charge in [0.05, 0.1) is 18.8 Å². The molecule has 0 saturated carbocycles. The highest BCUT2D eigenvalue weighted by molar-refractivity contribution is 7.97. The number of hydrogen-bond acceptors (Lipinski definition) is 5. The minimum atomic E-state index is -4.10. The van der Waals surface area contributed by atoms with Crippen LogP contribution in [0.3, 0.4) is 0 Å². The molecular formula is C24H21ClN2O4S. The number of allylic oxidation sites excluding steroid dienone is 1. The lowest BCUT2D eigenvalue weighted by molar-refractivity contribution is 0.104. The highest BCUT2D eigenvalue weighted by atomic mass is 35.5. The third-order valence-corrected chi connectivity index (χ3v) is 7.00.